The minimum atomic E-state index is -0.338. The van der Waals surface area contributed by atoms with E-state index in [9.17, 15) is 4.79 Å². The summed E-state index contributed by atoms with van der Waals surface area (Å²) in [7, 11) is 1.81. The smallest absolute Gasteiger partial charge is 0.292 e. The molecule has 1 aromatic carbocycles. The highest BCUT2D eigenvalue weighted by atomic mass is 16.5. The normalized spacial score (nSPS) is 10.1. The van der Waals surface area contributed by atoms with Crippen LogP contribution in [0.25, 0.3) is 11.5 Å². The SMILES string of the molecule is CCNC(=O)c1noc(-c2ccccc2NC)n1. The molecule has 18 heavy (non-hydrogen) atoms. The number of para-hydroxylation sites is 1. The Kier molecular flexibility index (Phi) is 3.57. The third-order valence-corrected chi connectivity index (χ3v) is 2.39. The van der Waals surface area contributed by atoms with Crippen LogP contribution in [0, 0.1) is 0 Å². The van der Waals surface area contributed by atoms with Gasteiger partial charge in [-0.3, -0.25) is 4.79 Å². The van der Waals surface area contributed by atoms with Gasteiger partial charge in [-0.1, -0.05) is 17.3 Å². The van der Waals surface area contributed by atoms with Crippen molar-refractivity contribution >= 4 is 11.6 Å². The molecule has 1 amide bonds. The second kappa shape index (κ2) is 5.31. The van der Waals surface area contributed by atoms with Gasteiger partial charge in [0.1, 0.15) is 0 Å². The first kappa shape index (κ1) is 12.1. The number of hydrogen-bond donors (Lipinski definition) is 2. The van der Waals surface area contributed by atoms with Gasteiger partial charge in [0.25, 0.3) is 17.6 Å². The van der Waals surface area contributed by atoms with E-state index in [1.54, 1.807) is 7.05 Å². The quantitative estimate of drug-likeness (QED) is 0.855. The first-order valence-corrected chi connectivity index (χ1v) is 5.65. The molecule has 6 nitrogen and oxygen atoms in total. The molecule has 2 N–H and O–H groups in total. The first-order valence-electron chi connectivity index (χ1n) is 5.65. The van der Waals surface area contributed by atoms with Crippen molar-refractivity contribution < 1.29 is 9.32 Å². The van der Waals surface area contributed by atoms with E-state index in [0.29, 0.717) is 12.4 Å². The van der Waals surface area contributed by atoms with Crippen LogP contribution in [-0.2, 0) is 0 Å². The van der Waals surface area contributed by atoms with E-state index in [0.717, 1.165) is 11.3 Å². The zero-order chi connectivity index (χ0) is 13.0. The fourth-order valence-electron chi connectivity index (χ4n) is 1.55. The number of amides is 1. The van der Waals surface area contributed by atoms with E-state index < -0.39 is 0 Å². The van der Waals surface area contributed by atoms with Gasteiger partial charge in [0.15, 0.2) is 0 Å². The lowest BCUT2D eigenvalue weighted by Gasteiger charge is -2.03. The van der Waals surface area contributed by atoms with Crippen molar-refractivity contribution in [2.24, 2.45) is 0 Å². The zero-order valence-electron chi connectivity index (χ0n) is 10.2. The van der Waals surface area contributed by atoms with Crippen LogP contribution in [0.5, 0.6) is 0 Å². The monoisotopic (exact) mass is 246 g/mol. The molecule has 0 bridgehead atoms. The van der Waals surface area contributed by atoms with Gasteiger partial charge in [0.2, 0.25) is 0 Å². The number of benzene rings is 1. The van der Waals surface area contributed by atoms with E-state index in [4.69, 9.17) is 4.52 Å². The minimum absolute atomic E-state index is 0.0396. The summed E-state index contributed by atoms with van der Waals surface area (Å²) in [5.41, 5.74) is 1.63. The highest BCUT2D eigenvalue weighted by Crippen LogP contribution is 2.25. The molecule has 0 saturated carbocycles. The molecular formula is C12H14N4O2. The van der Waals surface area contributed by atoms with E-state index >= 15 is 0 Å². The summed E-state index contributed by atoms with van der Waals surface area (Å²) in [4.78, 5) is 15.6. The number of nitrogens with zero attached hydrogens (tertiary/aromatic N) is 2. The van der Waals surface area contributed by atoms with Crippen LogP contribution < -0.4 is 10.6 Å². The van der Waals surface area contributed by atoms with Gasteiger partial charge < -0.3 is 15.2 Å². The fourth-order valence-corrected chi connectivity index (χ4v) is 1.55. The number of carbonyl (C=O) groups excluding carboxylic acids is 1. The maximum absolute atomic E-state index is 11.5. The van der Waals surface area contributed by atoms with Gasteiger partial charge in [0, 0.05) is 19.3 Å². The summed E-state index contributed by atoms with van der Waals surface area (Å²) in [6.45, 7) is 2.35. The van der Waals surface area contributed by atoms with E-state index in [2.05, 4.69) is 20.8 Å². The predicted octanol–water partition coefficient (Wildman–Crippen LogP) is 1.53. The fraction of sp³-hybridized carbons (Fsp3) is 0.250. The second-order valence-corrected chi connectivity index (χ2v) is 3.58. The van der Waals surface area contributed by atoms with Crippen molar-refractivity contribution in [3.63, 3.8) is 0 Å². The summed E-state index contributed by atoms with van der Waals surface area (Å²) in [5.74, 6) is 0.0217. The zero-order valence-corrected chi connectivity index (χ0v) is 10.2. The van der Waals surface area contributed by atoms with Crippen molar-refractivity contribution in [3.8, 4) is 11.5 Å². The summed E-state index contributed by atoms with van der Waals surface area (Å²) < 4.78 is 5.10. The van der Waals surface area contributed by atoms with Gasteiger partial charge in [-0.05, 0) is 19.1 Å². The molecule has 6 heteroatoms. The van der Waals surface area contributed by atoms with Crippen LogP contribution in [0.3, 0.4) is 0 Å². The molecule has 1 heterocycles. The lowest BCUT2D eigenvalue weighted by molar-refractivity contribution is 0.0942. The maximum atomic E-state index is 11.5. The lowest BCUT2D eigenvalue weighted by Crippen LogP contribution is -2.23. The topological polar surface area (TPSA) is 80.0 Å². The average Bonchev–Trinajstić information content (AvgIpc) is 2.88. The number of hydrogen-bond acceptors (Lipinski definition) is 5. The molecular weight excluding hydrogens is 232 g/mol. The van der Waals surface area contributed by atoms with Crippen LogP contribution in [-0.4, -0.2) is 29.6 Å². The third-order valence-electron chi connectivity index (χ3n) is 2.39. The third kappa shape index (κ3) is 2.32. The molecule has 0 unspecified atom stereocenters. The Hall–Kier alpha value is -2.37. The molecule has 0 aliphatic rings. The van der Waals surface area contributed by atoms with Crippen molar-refractivity contribution in [2.75, 3.05) is 18.9 Å². The molecule has 0 aliphatic carbocycles. The van der Waals surface area contributed by atoms with Crippen LogP contribution in [0.15, 0.2) is 28.8 Å². The molecule has 0 fully saturated rings. The Bertz CT molecular complexity index is 551. The lowest BCUT2D eigenvalue weighted by atomic mass is 10.2. The van der Waals surface area contributed by atoms with Crippen molar-refractivity contribution in [3.05, 3.63) is 30.1 Å². The van der Waals surface area contributed by atoms with Crippen LogP contribution in [0.1, 0.15) is 17.5 Å². The number of anilines is 1. The van der Waals surface area contributed by atoms with Gasteiger partial charge in [0.05, 0.1) is 5.56 Å². The van der Waals surface area contributed by atoms with Crippen LogP contribution in [0.4, 0.5) is 5.69 Å². The Morgan fingerprint density at radius 2 is 2.17 bits per heavy atom. The summed E-state index contributed by atoms with van der Waals surface area (Å²) in [6, 6.07) is 7.51. The standard InChI is InChI=1S/C12H14N4O2/c1-3-14-11(17)10-15-12(18-16-10)8-6-4-5-7-9(8)13-2/h4-7,13H,3H2,1-2H3,(H,14,17). The van der Waals surface area contributed by atoms with E-state index in [-0.39, 0.29) is 11.7 Å². The molecule has 0 aliphatic heterocycles. The van der Waals surface area contributed by atoms with Gasteiger partial charge in [-0.2, -0.15) is 4.98 Å². The minimum Gasteiger partial charge on any atom is -0.387 e. The van der Waals surface area contributed by atoms with Gasteiger partial charge in [-0.15, -0.1) is 0 Å². The summed E-state index contributed by atoms with van der Waals surface area (Å²) in [5, 5.41) is 9.31. The predicted molar refractivity (Wildman–Crippen MR) is 67.3 cm³/mol. The van der Waals surface area contributed by atoms with Crippen LogP contribution >= 0.6 is 0 Å². The van der Waals surface area contributed by atoms with Crippen molar-refractivity contribution in [1.82, 2.24) is 15.5 Å². The second-order valence-electron chi connectivity index (χ2n) is 3.58. The highest BCUT2D eigenvalue weighted by molar-refractivity contribution is 5.90. The van der Waals surface area contributed by atoms with Gasteiger partial charge >= 0.3 is 0 Å². The maximum Gasteiger partial charge on any atom is 0.292 e. The summed E-state index contributed by atoms with van der Waals surface area (Å²) in [6.07, 6.45) is 0. The number of rotatable bonds is 4. The molecule has 2 rings (SSSR count). The number of carbonyl (C=O) groups is 1. The molecule has 0 saturated heterocycles. The molecule has 94 valence electrons. The Labute approximate surface area is 104 Å². The molecule has 0 atom stereocenters. The number of aromatic nitrogens is 2. The van der Waals surface area contributed by atoms with E-state index in [1.807, 2.05) is 31.2 Å². The highest BCUT2D eigenvalue weighted by Gasteiger charge is 2.16. The van der Waals surface area contributed by atoms with Gasteiger partial charge in [-0.25, -0.2) is 0 Å². The first-order chi connectivity index (χ1) is 8.76. The Balaban J connectivity index is 2.32. The molecule has 0 radical (unpaired) electrons. The number of nitrogens with one attached hydrogen (secondary N) is 2. The van der Waals surface area contributed by atoms with E-state index in [1.165, 1.54) is 0 Å². The average molecular weight is 246 g/mol. The molecule has 1 aromatic heterocycles. The molecule has 0 spiro atoms. The van der Waals surface area contributed by atoms with Crippen molar-refractivity contribution in [1.29, 1.82) is 0 Å². The Morgan fingerprint density at radius 1 is 1.39 bits per heavy atom. The largest absolute Gasteiger partial charge is 0.387 e. The molecule has 2 aromatic rings. The van der Waals surface area contributed by atoms with Crippen molar-refractivity contribution in [2.45, 2.75) is 6.92 Å². The van der Waals surface area contributed by atoms with Crippen LogP contribution in [0.2, 0.25) is 0 Å². The summed E-state index contributed by atoms with van der Waals surface area (Å²) >= 11 is 0. The Morgan fingerprint density at radius 3 is 2.89 bits per heavy atom.